The SMILES string of the molecule is CC[C@H](C)[C@@H](NC(=O)[C@@H](CO)NC(=O)[C@@H](CCCN=C(N)N)NC(=O)[C@@H](CC(C)C)NC(=O)[C@@H](CC(C)C)NC(=O)[C@@H](C)NC(=O)[C@H](N)CO)C(=O)N1CCC[C@@H]1C(=O)N[C@H](C)C(=O)O. The van der Waals surface area contributed by atoms with Gasteiger partial charge in [0.2, 0.25) is 47.3 Å². The number of nitrogens with zero attached hydrogens (tertiary/aromatic N) is 2. The molecule has 1 heterocycles. The Labute approximate surface area is 380 Å². The third-order valence-electron chi connectivity index (χ3n) is 10.7. The van der Waals surface area contributed by atoms with Gasteiger partial charge in [-0.15, -0.1) is 0 Å². The number of amides is 8. The van der Waals surface area contributed by atoms with Crippen molar-refractivity contribution in [3.8, 4) is 0 Å². The predicted octanol–water partition coefficient (Wildman–Crippen LogP) is -4.00. The molecule has 8 amide bonds. The summed E-state index contributed by atoms with van der Waals surface area (Å²) in [6, 6.07) is -11.3. The molecule has 1 fully saturated rings. The van der Waals surface area contributed by atoms with Gasteiger partial charge < -0.3 is 74.6 Å². The van der Waals surface area contributed by atoms with E-state index in [9.17, 15) is 58.5 Å². The van der Waals surface area contributed by atoms with E-state index in [0.717, 1.165) is 0 Å². The van der Waals surface area contributed by atoms with Crippen molar-refractivity contribution < 1.29 is 58.5 Å². The van der Waals surface area contributed by atoms with E-state index in [0.29, 0.717) is 12.8 Å². The highest BCUT2D eigenvalue weighted by Gasteiger charge is 2.41. The van der Waals surface area contributed by atoms with Gasteiger partial charge in [-0.2, -0.15) is 0 Å². The van der Waals surface area contributed by atoms with Crippen LogP contribution in [0.4, 0.5) is 0 Å². The Morgan fingerprint density at radius 2 is 1.17 bits per heavy atom. The van der Waals surface area contributed by atoms with Crippen LogP contribution in [0.15, 0.2) is 4.99 Å². The number of aliphatic hydroxyl groups is 2. The van der Waals surface area contributed by atoms with E-state index in [1.165, 1.54) is 18.7 Å². The van der Waals surface area contributed by atoms with Crippen LogP contribution in [0, 0.1) is 17.8 Å². The highest BCUT2D eigenvalue weighted by atomic mass is 16.4. The number of carbonyl (C=O) groups excluding carboxylic acids is 8. The second kappa shape index (κ2) is 28.3. The second-order valence-corrected chi connectivity index (χ2v) is 17.3. The van der Waals surface area contributed by atoms with Gasteiger partial charge in [0, 0.05) is 13.1 Å². The van der Waals surface area contributed by atoms with Crippen LogP contribution in [0.25, 0.3) is 0 Å². The van der Waals surface area contributed by atoms with E-state index in [4.69, 9.17) is 17.2 Å². The normalized spacial score (nSPS) is 17.7. The smallest absolute Gasteiger partial charge is 0.325 e. The lowest BCUT2D eigenvalue weighted by molar-refractivity contribution is -0.145. The van der Waals surface area contributed by atoms with E-state index in [-0.39, 0.29) is 63.0 Å². The zero-order valence-corrected chi connectivity index (χ0v) is 38.8. The number of aliphatic hydroxyl groups excluding tert-OH is 2. The number of aliphatic carboxylic acids is 1. The van der Waals surface area contributed by atoms with Gasteiger partial charge in [-0.25, -0.2) is 0 Å². The van der Waals surface area contributed by atoms with Crippen molar-refractivity contribution in [2.75, 3.05) is 26.3 Å². The van der Waals surface area contributed by atoms with Gasteiger partial charge in [-0.3, -0.25) is 48.1 Å². The minimum atomic E-state index is -1.63. The summed E-state index contributed by atoms with van der Waals surface area (Å²) >= 11 is 0. The van der Waals surface area contributed by atoms with E-state index in [2.05, 4.69) is 42.2 Å². The molecule has 10 atom stereocenters. The number of carboxylic acids is 1. The van der Waals surface area contributed by atoms with E-state index >= 15 is 0 Å². The van der Waals surface area contributed by atoms with Gasteiger partial charge >= 0.3 is 5.97 Å². The summed E-state index contributed by atoms with van der Waals surface area (Å²) in [6.45, 7) is 11.9. The Balaban J connectivity index is 3.36. The standard InChI is InChI=1S/C41H74N12O12/c1-9-22(6)31(39(63)53-15-11-13-30(53)38(62)47-24(8)40(64)65)52-37(61)29(19-55)51-34(58)26(12-10-14-45-41(43)44)48-35(59)28(17-21(4)5)50-36(60)27(16-20(2)3)49-32(56)23(7)46-33(57)25(42)18-54/h20-31,54-55H,9-19,42H2,1-8H3,(H,46,57)(H,47,62)(H,48,59)(H,49,56)(H,50,60)(H,51,58)(H,52,61)(H,64,65)(H4,43,44,45)/t22-,23+,24+,25+,26+,27+,28+,29+,30+,31+/m0/s1. The molecule has 24 heteroatoms. The molecule has 0 aromatic carbocycles. The fourth-order valence-corrected chi connectivity index (χ4v) is 6.74. The molecule has 0 aromatic rings. The number of hydrogen-bond donors (Lipinski definition) is 13. The van der Waals surface area contributed by atoms with Crippen molar-refractivity contribution in [3.63, 3.8) is 0 Å². The molecular formula is C41H74N12O12. The average molecular weight is 927 g/mol. The first-order valence-electron chi connectivity index (χ1n) is 22.1. The maximum Gasteiger partial charge on any atom is 0.325 e. The van der Waals surface area contributed by atoms with Crippen LogP contribution in [-0.2, 0) is 43.2 Å². The van der Waals surface area contributed by atoms with E-state index in [1.807, 2.05) is 0 Å². The van der Waals surface area contributed by atoms with Crippen molar-refractivity contribution in [2.24, 2.45) is 39.9 Å². The third kappa shape index (κ3) is 19.6. The van der Waals surface area contributed by atoms with Crippen LogP contribution < -0.4 is 54.4 Å². The quantitative estimate of drug-likeness (QED) is 0.0202. The van der Waals surface area contributed by atoms with Gasteiger partial charge in [0.15, 0.2) is 5.96 Å². The lowest BCUT2D eigenvalue weighted by Gasteiger charge is -2.32. The van der Waals surface area contributed by atoms with Crippen LogP contribution in [0.3, 0.4) is 0 Å². The Bertz CT molecular complexity index is 1680. The number of guanidine groups is 1. The molecule has 0 radical (unpaired) electrons. The Kier molecular flexibility index (Phi) is 25.0. The molecule has 1 aliphatic heterocycles. The van der Waals surface area contributed by atoms with Crippen LogP contribution >= 0.6 is 0 Å². The molecule has 0 aromatic heterocycles. The largest absolute Gasteiger partial charge is 0.480 e. The summed E-state index contributed by atoms with van der Waals surface area (Å²) in [5.74, 6) is -8.45. The van der Waals surface area contributed by atoms with Crippen molar-refractivity contribution in [1.29, 1.82) is 0 Å². The molecule has 1 saturated heterocycles. The first-order chi connectivity index (χ1) is 30.4. The van der Waals surface area contributed by atoms with Crippen molar-refractivity contribution in [3.05, 3.63) is 0 Å². The highest BCUT2D eigenvalue weighted by Crippen LogP contribution is 2.22. The van der Waals surface area contributed by atoms with Crippen LogP contribution in [-0.4, -0.2) is 160 Å². The molecule has 0 aliphatic carbocycles. The molecule has 0 bridgehead atoms. The molecule has 1 aliphatic rings. The fraction of sp³-hybridized carbons (Fsp3) is 0.756. The number of aliphatic imine (C=N–C) groups is 1. The fourth-order valence-electron chi connectivity index (χ4n) is 6.74. The maximum atomic E-state index is 14.0. The molecule has 0 unspecified atom stereocenters. The van der Waals surface area contributed by atoms with Crippen LogP contribution in [0.1, 0.15) is 100 Å². The third-order valence-corrected chi connectivity index (χ3v) is 10.7. The number of rotatable bonds is 28. The van der Waals surface area contributed by atoms with Gasteiger partial charge in [0.05, 0.1) is 13.2 Å². The summed E-state index contributed by atoms with van der Waals surface area (Å²) in [5.41, 5.74) is 16.5. The van der Waals surface area contributed by atoms with Crippen molar-refractivity contribution >= 4 is 59.2 Å². The van der Waals surface area contributed by atoms with E-state index < -0.39 is 127 Å². The minimum Gasteiger partial charge on any atom is -0.480 e. The Morgan fingerprint density at radius 1 is 0.662 bits per heavy atom. The lowest BCUT2D eigenvalue weighted by Crippen LogP contribution is -2.61. The first kappa shape index (κ1) is 57.4. The average Bonchev–Trinajstić information content (AvgIpc) is 3.74. The summed E-state index contributed by atoms with van der Waals surface area (Å²) in [4.78, 5) is 124. The minimum absolute atomic E-state index is 0.0445. The van der Waals surface area contributed by atoms with Gasteiger partial charge in [0.1, 0.15) is 54.4 Å². The number of carboxylic acid groups (broad SMARTS) is 1. The molecule has 1 rings (SSSR count). The summed E-state index contributed by atoms with van der Waals surface area (Å²) in [7, 11) is 0. The van der Waals surface area contributed by atoms with Crippen molar-refractivity contribution in [1.82, 2.24) is 42.1 Å². The van der Waals surface area contributed by atoms with Gasteiger partial charge in [-0.1, -0.05) is 48.0 Å². The molecule has 65 heavy (non-hydrogen) atoms. The predicted molar refractivity (Wildman–Crippen MR) is 238 cm³/mol. The van der Waals surface area contributed by atoms with Crippen LogP contribution in [0.5, 0.6) is 0 Å². The zero-order chi connectivity index (χ0) is 49.7. The van der Waals surface area contributed by atoms with Crippen molar-refractivity contribution in [2.45, 2.75) is 155 Å². The molecule has 24 nitrogen and oxygen atoms in total. The van der Waals surface area contributed by atoms with E-state index in [1.54, 1.807) is 41.5 Å². The second-order valence-electron chi connectivity index (χ2n) is 17.3. The maximum absolute atomic E-state index is 14.0. The molecular weight excluding hydrogens is 853 g/mol. The van der Waals surface area contributed by atoms with Gasteiger partial charge in [-0.05, 0) is 70.1 Å². The molecule has 0 spiro atoms. The lowest BCUT2D eigenvalue weighted by atomic mass is 9.96. The van der Waals surface area contributed by atoms with Gasteiger partial charge in [0.25, 0.3) is 0 Å². The monoisotopic (exact) mass is 927 g/mol. The zero-order valence-electron chi connectivity index (χ0n) is 38.8. The van der Waals surface area contributed by atoms with Crippen LogP contribution in [0.2, 0.25) is 0 Å². The summed E-state index contributed by atoms with van der Waals surface area (Å²) < 4.78 is 0. The Hall–Kier alpha value is -5.62. The topological polar surface area (TPSA) is 392 Å². The number of nitrogens with two attached hydrogens (primary N) is 3. The highest BCUT2D eigenvalue weighted by molar-refractivity contribution is 5.98. The summed E-state index contributed by atoms with van der Waals surface area (Å²) in [6.07, 6.45) is 1.38. The molecule has 0 saturated carbocycles. The number of hydrogen-bond acceptors (Lipinski definition) is 13. The summed E-state index contributed by atoms with van der Waals surface area (Å²) in [5, 5.41) is 46.5. The first-order valence-corrected chi connectivity index (χ1v) is 22.1. The molecule has 16 N–H and O–H groups in total. The number of nitrogens with one attached hydrogen (secondary N) is 7. The Morgan fingerprint density at radius 3 is 1.66 bits per heavy atom. The molecule has 370 valence electrons. The number of carbonyl (C=O) groups is 9. The number of likely N-dealkylation sites (tertiary alicyclic amines) is 1.